The van der Waals surface area contributed by atoms with Crippen molar-refractivity contribution < 1.29 is 9.84 Å². The lowest BCUT2D eigenvalue weighted by Crippen LogP contribution is -2.59. The summed E-state index contributed by atoms with van der Waals surface area (Å²) in [5, 5.41) is 10.4. The number of fused-ring (bicyclic) bond motifs is 1. The first-order valence-electron chi connectivity index (χ1n) is 12.2. The molecule has 1 aromatic rings. The number of methoxy groups -OCH3 is 1. The number of hydrogen-bond acceptors (Lipinski definition) is 5. The van der Waals surface area contributed by atoms with Gasteiger partial charge in [-0.3, -0.25) is 9.89 Å². The van der Waals surface area contributed by atoms with E-state index in [1.807, 2.05) is 12.1 Å². The molecule has 0 spiro atoms. The summed E-state index contributed by atoms with van der Waals surface area (Å²) >= 11 is 0. The van der Waals surface area contributed by atoms with Crippen molar-refractivity contribution in [3.8, 4) is 5.75 Å². The lowest BCUT2D eigenvalue weighted by atomic mass is 9.70. The molecule has 0 amide bonds. The van der Waals surface area contributed by atoms with Crippen LogP contribution in [0.3, 0.4) is 0 Å². The molecule has 0 saturated carbocycles. The molecule has 3 rings (SSSR count). The van der Waals surface area contributed by atoms with E-state index in [9.17, 15) is 5.11 Å². The maximum absolute atomic E-state index is 10.4. The molecule has 0 bridgehead atoms. The average Bonchev–Trinajstić information content (AvgIpc) is 2.70. The SMILES string of the molecule is COc1ccc(CN2CC3=C(C(C)(C)C)C(C(C)(C)C)N=C(C(C)(C)C)N3CC2CO)cc1. The molecular formula is C28H45N3O2. The van der Waals surface area contributed by atoms with Gasteiger partial charge in [0.05, 0.1) is 25.8 Å². The van der Waals surface area contributed by atoms with E-state index in [-0.39, 0.29) is 34.9 Å². The van der Waals surface area contributed by atoms with E-state index < -0.39 is 0 Å². The second-order valence-corrected chi connectivity index (χ2v) is 12.8. The van der Waals surface area contributed by atoms with Crippen molar-refractivity contribution in [2.45, 2.75) is 80.9 Å². The topological polar surface area (TPSA) is 48.3 Å². The Kier molecular flexibility index (Phi) is 7.08. The molecule has 2 heterocycles. The molecule has 0 aromatic heterocycles. The van der Waals surface area contributed by atoms with Crippen LogP contribution >= 0.6 is 0 Å². The standard InChI is InChI=1S/C28H45N3O2/c1-26(2,3)23-22-17-30(15-19-11-13-21(33-10)14-12-19)20(18-32)16-31(22)25(28(7,8)9)29-24(23)27(4,5)6/h11-14,20,24,32H,15-18H2,1-10H3. The zero-order valence-electron chi connectivity index (χ0n) is 22.5. The average molecular weight is 456 g/mol. The predicted octanol–water partition coefficient (Wildman–Crippen LogP) is 5.35. The largest absolute Gasteiger partial charge is 0.497 e. The highest BCUT2D eigenvalue weighted by atomic mass is 16.5. The lowest BCUT2D eigenvalue weighted by Gasteiger charge is -2.52. The predicted molar refractivity (Wildman–Crippen MR) is 138 cm³/mol. The number of aliphatic hydroxyl groups is 1. The Morgan fingerprint density at radius 1 is 0.970 bits per heavy atom. The summed E-state index contributed by atoms with van der Waals surface area (Å²) in [7, 11) is 1.69. The highest BCUT2D eigenvalue weighted by Gasteiger charge is 2.46. The van der Waals surface area contributed by atoms with Gasteiger partial charge in [-0.25, -0.2) is 0 Å². The van der Waals surface area contributed by atoms with E-state index in [1.54, 1.807) is 7.11 Å². The van der Waals surface area contributed by atoms with Crippen LogP contribution < -0.4 is 4.74 Å². The smallest absolute Gasteiger partial charge is 0.118 e. The Balaban J connectivity index is 2.09. The quantitative estimate of drug-likeness (QED) is 0.665. The van der Waals surface area contributed by atoms with Crippen LogP contribution in [0.2, 0.25) is 0 Å². The third-order valence-electron chi connectivity index (χ3n) is 6.73. The van der Waals surface area contributed by atoms with Crippen LogP contribution in [0.5, 0.6) is 5.75 Å². The molecule has 5 heteroatoms. The van der Waals surface area contributed by atoms with E-state index >= 15 is 0 Å². The molecule has 33 heavy (non-hydrogen) atoms. The van der Waals surface area contributed by atoms with Gasteiger partial charge in [0.25, 0.3) is 0 Å². The van der Waals surface area contributed by atoms with Crippen molar-refractivity contribution in [2.75, 3.05) is 26.8 Å². The first-order chi connectivity index (χ1) is 15.2. The van der Waals surface area contributed by atoms with E-state index in [0.717, 1.165) is 31.2 Å². The molecule has 0 aliphatic carbocycles. The number of aliphatic imine (C=N–C) groups is 1. The molecule has 2 aliphatic rings. The molecule has 2 atom stereocenters. The molecule has 1 saturated heterocycles. The van der Waals surface area contributed by atoms with Crippen LogP contribution in [0.1, 0.15) is 67.9 Å². The minimum atomic E-state index is -0.0731. The Morgan fingerprint density at radius 2 is 1.58 bits per heavy atom. The second kappa shape index (κ2) is 9.07. The van der Waals surface area contributed by atoms with Gasteiger partial charge in [-0.2, -0.15) is 0 Å². The number of nitrogens with zero attached hydrogens (tertiary/aromatic N) is 3. The third-order valence-corrected chi connectivity index (χ3v) is 6.73. The molecule has 1 aromatic carbocycles. The van der Waals surface area contributed by atoms with E-state index in [0.29, 0.717) is 0 Å². The molecular weight excluding hydrogens is 410 g/mol. The summed E-state index contributed by atoms with van der Waals surface area (Å²) in [6, 6.07) is 8.46. The van der Waals surface area contributed by atoms with Crippen molar-refractivity contribution in [2.24, 2.45) is 21.2 Å². The number of ether oxygens (including phenoxy) is 1. The monoisotopic (exact) mass is 455 g/mol. The normalized spacial score (nSPS) is 22.9. The zero-order chi connectivity index (χ0) is 24.8. The molecule has 1 N–H and O–H groups in total. The van der Waals surface area contributed by atoms with Gasteiger partial charge in [0.1, 0.15) is 11.6 Å². The number of benzene rings is 1. The van der Waals surface area contributed by atoms with Gasteiger partial charge >= 0.3 is 0 Å². The fourth-order valence-electron chi connectivity index (χ4n) is 5.09. The lowest BCUT2D eigenvalue weighted by molar-refractivity contribution is 0.0734. The third kappa shape index (κ3) is 5.46. The fraction of sp³-hybridized carbons (Fsp3) is 0.679. The van der Waals surface area contributed by atoms with E-state index in [2.05, 4.69) is 84.2 Å². The van der Waals surface area contributed by atoms with Gasteiger partial charge < -0.3 is 14.7 Å². The summed E-state index contributed by atoms with van der Waals surface area (Å²) in [6.07, 6.45) is 0. The molecule has 5 nitrogen and oxygen atoms in total. The first-order valence-corrected chi connectivity index (χ1v) is 12.2. The summed E-state index contributed by atoms with van der Waals surface area (Å²) < 4.78 is 5.33. The number of amidine groups is 1. The van der Waals surface area contributed by atoms with Gasteiger partial charge in [-0.15, -0.1) is 0 Å². The Labute approximate surface area is 201 Å². The van der Waals surface area contributed by atoms with Crippen LogP contribution in [-0.2, 0) is 6.54 Å². The number of aliphatic hydroxyl groups excluding tert-OH is 1. The number of rotatable bonds is 4. The van der Waals surface area contributed by atoms with Crippen LogP contribution in [-0.4, -0.2) is 59.6 Å². The van der Waals surface area contributed by atoms with Crippen LogP contribution in [0.15, 0.2) is 40.5 Å². The maximum Gasteiger partial charge on any atom is 0.118 e. The van der Waals surface area contributed by atoms with Crippen LogP contribution in [0, 0.1) is 16.2 Å². The maximum atomic E-state index is 10.4. The molecule has 184 valence electrons. The minimum absolute atomic E-state index is 0.00369. The molecule has 1 fully saturated rings. The van der Waals surface area contributed by atoms with Gasteiger partial charge in [-0.05, 0) is 34.1 Å². The van der Waals surface area contributed by atoms with Gasteiger partial charge in [0.15, 0.2) is 0 Å². The van der Waals surface area contributed by atoms with E-state index in [4.69, 9.17) is 9.73 Å². The number of hydrogen-bond donors (Lipinski definition) is 1. The molecule has 2 unspecified atom stereocenters. The van der Waals surface area contributed by atoms with Crippen molar-refractivity contribution >= 4 is 5.84 Å². The Morgan fingerprint density at radius 3 is 2.03 bits per heavy atom. The van der Waals surface area contributed by atoms with Crippen LogP contribution in [0.25, 0.3) is 0 Å². The van der Waals surface area contributed by atoms with Gasteiger partial charge in [-0.1, -0.05) is 74.4 Å². The van der Waals surface area contributed by atoms with Crippen LogP contribution in [0.4, 0.5) is 0 Å². The molecule has 0 radical (unpaired) electrons. The summed E-state index contributed by atoms with van der Waals surface area (Å²) in [4.78, 5) is 10.3. The van der Waals surface area contributed by atoms with Gasteiger partial charge in [0.2, 0.25) is 0 Å². The second-order valence-electron chi connectivity index (χ2n) is 12.8. The zero-order valence-corrected chi connectivity index (χ0v) is 22.5. The first kappa shape index (κ1) is 25.8. The number of piperazine rings is 1. The Hall–Kier alpha value is -1.85. The fourth-order valence-corrected chi connectivity index (χ4v) is 5.09. The minimum Gasteiger partial charge on any atom is -0.497 e. The Bertz CT molecular complexity index is 895. The van der Waals surface area contributed by atoms with Crippen molar-refractivity contribution in [3.63, 3.8) is 0 Å². The van der Waals surface area contributed by atoms with Crippen molar-refractivity contribution in [3.05, 3.63) is 41.1 Å². The highest BCUT2D eigenvalue weighted by molar-refractivity contribution is 5.90. The van der Waals surface area contributed by atoms with E-state index in [1.165, 1.54) is 16.8 Å². The van der Waals surface area contributed by atoms with Gasteiger partial charge in [0, 0.05) is 30.7 Å². The summed E-state index contributed by atoms with van der Waals surface area (Å²) in [6.45, 7) is 23.1. The highest BCUT2D eigenvalue weighted by Crippen LogP contribution is 2.46. The molecule has 2 aliphatic heterocycles. The summed E-state index contributed by atoms with van der Waals surface area (Å²) in [5.41, 5.74) is 3.98. The van der Waals surface area contributed by atoms with Crippen molar-refractivity contribution in [1.29, 1.82) is 0 Å². The van der Waals surface area contributed by atoms with Crippen molar-refractivity contribution in [1.82, 2.24) is 9.80 Å². The summed E-state index contributed by atoms with van der Waals surface area (Å²) in [5.74, 6) is 2.01.